The summed E-state index contributed by atoms with van der Waals surface area (Å²) in [5.41, 5.74) is 0.607. The fourth-order valence-electron chi connectivity index (χ4n) is 3.07. The van der Waals surface area contributed by atoms with Crippen molar-refractivity contribution in [2.24, 2.45) is 7.05 Å². The second-order valence-electron chi connectivity index (χ2n) is 5.97. The Balaban J connectivity index is 1.40. The van der Waals surface area contributed by atoms with Gasteiger partial charge in [0.05, 0.1) is 17.1 Å². The highest BCUT2D eigenvalue weighted by atomic mass is 32.1. The van der Waals surface area contributed by atoms with E-state index in [0.29, 0.717) is 5.56 Å². The topological polar surface area (TPSA) is 75.9 Å². The number of hydrogen-bond acceptors (Lipinski definition) is 6. The first kappa shape index (κ1) is 15.1. The number of thiophene rings is 1. The van der Waals surface area contributed by atoms with Gasteiger partial charge in [-0.25, -0.2) is 9.97 Å². The smallest absolute Gasteiger partial charge is 0.254 e. The molecular formula is C16H18N6OS. The summed E-state index contributed by atoms with van der Waals surface area (Å²) in [4.78, 5) is 24.3. The number of nitrogens with zero attached hydrogens (tertiary/aromatic N) is 5. The van der Waals surface area contributed by atoms with E-state index in [4.69, 9.17) is 0 Å². The fraction of sp³-hybridized carbons (Fsp3) is 0.375. The van der Waals surface area contributed by atoms with Gasteiger partial charge in [-0.3, -0.25) is 9.48 Å². The van der Waals surface area contributed by atoms with E-state index >= 15 is 0 Å². The predicted molar refractivity (Wildman–Crippen MR) is 93.3 cm³/mol. The van der Waals surface area contributed by atoms with Gasteiger partial charge in [-0.05, 0) is 24.3 Å². The second kappa shape index (κ2) is 6.20. The normalized spacial score (nSPS) is 15.8. The fourth-order valence-corrected chi connectivity index (χ4v) is 3.80. The molecule has 0 saturated carbocycles. The van der Waals surface area contributed by atoms with Crippen LogP contribution >= 0.6 is 11.3 Å². The zero-order chi connectivity index (χ0) is 16.5. The van der Waals surface area contributed by atoms with E-state index in [-0.39, 0.29) is 11.9 Å². The van der Waals surface area contributed by atoms with Crippen molar-refractivity contribution >= 4 is 33.3 Å². The zero-order valence-electron chi connectivity index (χ0n) is 13.3. The lowest BCUT2D eigenvalue weighted by atomic mass is 10.0. The van der Waals surface area contributed by atoms with Gasteiger partial charge < -0.3 is 10.2 Å². The van der Waals surface area contributed by atoms with Crippen molar-refractivity contribution in [2.75, 3.05) is 18.0 Å². The molecule has 1 amide bonds. The average Bonchev–Trinajstić information content (AvgIpc) is 3.24. The molecular weight excluding hydrogens is 324 g/mol. The van der Waals surface area contributed by atoms with Gasteiger partial charge in [0.2, 0.25) is 0 Å². The van der Waals surface area contributed by atoms with E-state index in [2.05, 4.69) is 31.3 Å². The van der Waals surface area contributed by atoms with Gasteiger partial charge in [0.15, 0.2) is 0 Å². The Bertz CT molecular complexity index is 864. The Labute approximate surface area is 143 Å². The predicted octanol–water partition coefficient (Wildman–Crippen LogP) is 1.82. The van der Waals surface area contributed by atoms with Crippen molar-refractivity contribution in [1.29, 1.82) is 0 Å². The number of amides is 1. The highest BCUT2D eigenvalue weighted by Gasteiger charge is 2.23. The van der Waals surface area contributed by atoms with Crippen LogP contribution < -0.4 is 10.2 Å². The maximum absolute atomic E-state index is 12.2. The molecule has 7 nitrogen and oxygen atoms in total. The third-order valence-corrected chi connectivity index (χ3v) is 5.16. The number of carbonyl (C=O) groups is 1. The van der Waals surface area contributed by atoms with Gasteiger partial charge in [-0.15, -0.1) is 11.3 Å². The lowest BCUT2D eigenvalue weighted by molar-refractivity contribution is 0.0931. The SMILES string of the molecule is Cn1cc(C(=O)NC2CCN(c3ncnc4sccc34)CC2)cn1. The molecule has 3 aromatic rings. The maximum Gasteiger partial charge on any atom is 0.254 e. The molecule has 1 N–H and O–H groups in total. The Kier molecular flexibility index (Phi) is 3.89. The van der Waals surface area contributed by atoms with E-state index in [0.717, 1.165) is 42.0 Å². The standard InChI is InChI=1S/C16H18N6OS/c1-21-9-11(8-19-21)15(23)20-12-2-5-22(6-3-12)14-13-4-7-24-16(13)18-10-17-14/h4,7-10,12H,2-3,5-6H2,1H3,(H,20,23). The molecule has 8 heteroatoms. The first-order valence-corrected chi connectivity index (χ1v) is 8.81. The van der Waals surface area contributed by atoms with Crippen LogP contribution in [0, 0.1) is 0 Å². The van der Waals surface area contributed by atoms with Crippen LogP contribution in [0.25, 0.3) is 10.2 Å². The molecule has 0 radical (unpaired) electrons. The number of aryl methyl sites for hydroxylation is 1. The van der Waals surface area contributed by atoms with Crippen LogP contribution in [-0.4, -0.2) is 44.8 Å². The van der Waals surface area contributed by atoms with Gasteiger partial charge in [0, 0.05) is 32.4 Å². The average molecular weight is 342 g/mol. The molecule has 24 heavy (non-hydrogen) atoms. The van der Waals surface area contributed by atoms with Gasteiger partial charge in [-0.2, -0.15) is 5.10 Å². The third-order valence-electron chi connectivity index (χ3n) is 4.34. The zero-order valence-corrected chi connectivity index (χ0v) is 14.2. The van der Waals surface area contributed by atoms with Gasteiger partial charge in [-0.1, -0.05) is 0 Å². The molecule has 1 fully saturated rings. The second-order valence-corrected chi connectivity index (χ2v) is 6.87. The summed E-state index contributed by atoms with van der Waals surface area (Å²) >= 11 is 1.63. The Morgan fingerprint density at radius 1 is 1.33 bits per heavy atom. The largest absolute Gasteiger partial charge is 0.356 e. The van der Waals surface area contributed by atoms with E-state index in [1.165, 1.54) is 0 Å². The quantitative estimate of drug-likeness (QED) is 0.786. The van der Waals surface area contributed by atoms with Crippen molar-refractivity contribution < 1.29 is 4.79 Å². The first-order chi connectivity index (χ1) is 11.7. The van der Waals surface area contributed by atoms with Crippen molar-refractivity contribution in [3.8, 4) is 0 Å². The number of fused-ring (bicyclic) bond motifs is 1. The van der Waals surface area contributed by atoms with E-state index < -0.39 is 0 Å². The van der Waals surface area contributed by atoms with Crippen molar-refractivity contribution in [1.82, 2.24) is 25.1 Å². The minimum Gasteiger partial charge on any atom is -0.356 e. The van der Waals surface area contributed by atoms with Crippen molar-refractivity contribution in [3.63, 3.8) is 0 Å². The lowest BCUT2D eigenvalue weighted by Crippen LogP contribution is -2.45. The van der Waals surface area contributed by atoms with Gasteiger partial charge >= 0.3 is 0 Å². The summed E-state index contributed by atoms with van der Waals surface area (Å²) in [5.74, 6) is 0.946. The van der Waals surface area contributed by atoms with Crippen LogP contribution in [0.15, 0.2) is 30.2 Å². The molecule has 4 rings (SSSR count). The molecule has 0 atom stereocenters. The Morgan fingerprint density at radius 3 is 2.92 bits per heavy atom. The van der Waals surface area contributed by atoms with Crippen LogP contribution in [0.1, 0.15) is 23.2 Å². The Morgan fingerprint density at radius 2 is 2.17 bits per heavy atom. The van der Waals surface area contributed by atoms with Crippen LogP contribution in [0.5, 0.6) is 0 Å². The van der Waals surface area contributed by atoms with E-state index in [1.807, 2.05) is 12.4 Å². The summed E-state index contributed by atoms with van der Waals surface area (Å²) in [6.45, 7) is 1.75. The monoisotopic (exact) mass is 342 g/mol. The van der Waals surface area contributed by atoms with Crippen molar-refractivity contribution in [2.45, 2.75) is 18.9 Å². The number of nitrogens with one attached hydrogen (secondary N) is 1. The highest BCUT2D eigenvalue weighted by molar-refractivity contribution is 7.16. The number of aromatic nitrogens is 4. The molecule has 1 aliphatic heterocycles. The molecule has 0 aliphatic carbocycles. The van der Waals surface area contributed by atoms with E-state index in [1.54, 1.807) is 34.7 Å². The van der Waals surface area contributed by atoms with Crippen LogP contribution in [0.2, 0.25) is 0 Å². The van der Waals surface area contributed by atoms with Crippen LogP contribution in [0.3, 0.4) is 0 Å². The maximum atomic E-state index is 12.2. The highest BCUT2D eigenvalue weighted by Crippen LogP contribution is 2.28. The van der Waals surface area contributed by atoms with Crippen LogP contribution in [0.4, 0.5) is 5.82 Å². The number of piperidine rings is 1. The summed E-state index contributed by atoms with van der Waals surface area (Å²) in [6.07, 6.45) is 6.77. The molecule has 1 saturated heterocycles. The number of anilines is 1. The Hall–Kier alpha value is -2.48. The molecule has 0 bridgehead atoms. The van der Waals surface area contributed by atoms with Crippen molar-refractivity contribution in [3.05, 3.63) is 35.7 Å². The molecule has 1 aliphatic rings. The summed E-state index contributed by atoms with van der Waals surface area (Å²) in [7, 11) is 1.81. The minimum absolute atomic E-state index is 0.0520. The molecule has 4 heterocycles. The lowest BCUT2D eigenvalue weighted by Gasteiger charge is -2.33. The summed E-state index contributed by atoms with van der Waals surface area (Å²) in [5, 5.41) is 10.3. The molecule has 3 aromatic heterocycles. The molecule has 124 valence electrons. The van der Waals surface area contributed by atoms with Gasteiger partial charge in [0.25, 0.3) is 5.91 Å². The number of carbonyl (C=O) groups excluding carboxylic acids is 1. The minimum atomic E-state index is -0.0520. The molecule has 0 spiro atoms. The first-order valence-electron chi connectivity index (χ1n) is 7.93. The molecule has 0 unspecified atom stereocenters. The number of hydrogen-bond donors (Lipinski definition) is 1. The summed E-state index contributed by atoms with van der Waals surface area (Å²) < 4.78 is 1.64. The van der Waals surface area contributed by atoms with E-state index in [9.17, 15) is 4.79 Å². The third kappa shape index (κ3) is 2.84. The van der Waals surface area contributed by atoms with Gasteiger partial charge in [0.1, 0.15) is 17.0 Å². The molecule has 0 aromatic carbocycles. The number of rotatable bonds is 3. The van der Waals surface area contributed by atoms with Crippen LogP contribution in [-0.2, 0) is 7.05 Å². The summed E-state index contributed by atoms with van der Waals surface area (Å²) in [6, 6.07) is 2.26.